The fraction of sp³-hybridized carbons (Fsp3) is 0.208. The Morgan fingerprint density at radius 3 is 2.75 bits per heavy atom. The van der Waals surface area contributed by atoms with E-state index in [1.165, 1.54) is 6.08 Å². The van der Waals surface area contributed by atoms with E-state index in [9.17, 15) is 4.79 Å². The molecule has 0 fully saturated rings. The molecular weight excluding hydrogens is 404 g/mol. The van der Waals surface area contributed by atoms with Gasteiger partial charge in [-0.2, -0.15) is 0 Å². The molecule has 0 unspecified atom stereocenters. The predicted molar refractivity (Wildman–Crippen MR) is 128 cm³/mol. The molecule has 0 saturated carbocycles. The number of likely N-dealkylation sites (N-methyl/N-ethyl adjacent to an activating group) is 1. The number of hydrogen-bond donors (Lipinski definition) is 2. The van der Waals surface area contributed by atoms with E-state index in [4.69, 9.17) is 9.72 Å². The first kappa shape index (κ1) is 21.3. The Morgan fingerprint density at radius 1 is 1.19 bits per heavy atom. The molecule has 0 saturated heterocycles. The number of hydrogen-bond acceptors (Lipinski definition) is 6. The van der Waals surface area contributed by atoms with Gasteiger partial charge in [-0.1, -0.05) is 24.3 Å². The maximum Gasteiger partial charge on any atom is 0.248 e. The van der Waals surface area contributed by atoms with Crippen molar-refractivity contribution >= 4 is 39.6 Å². The molecule has 1 amide bonds. The summed E-state index contributed by atoms with van der Waals surface area (Å²) in [5.74, 6) is 0.993. The number of nitrogens with one attached hydrogen (secondary N) is 2. The van der Waals surface area contributed by atoms with Crippen LogP contribution in [0.5, 0.6) is 5.75 Å². The van der Waals surface area contributed by atoms with E-state index in [0.717, 1.165) is 22.3 Å². The Bertz CT molecular complexity index is 1310. The van der Waals surface area contributed by atoms with E-state index < -0.39 is 0 Å². The number of amides is 1. The van der Waals surface area contributed by atoms with Crippen molar-refractivity contribution in [3.05, 3.63) is 66.6 Å². The molecule has 4 aromatic rings. The maximum absolute atomic E-state index is 12.4. The summed E-state index contributed by atoms with van der Waals surface area (Å²) in [5, 5.41) is 6.31. The fourth-order valence-electron chi connectivity index (χ4n) is 3.42. The van der Waals surface area contributed by atoms with Crippen LogP contribution in [0.2, 0.25) is 0 Å². The molecular formula is C24H26N6O2. The third kappa shape index (κ3) is 4.40. The van der Waals surface area contributed by atoms with Crippen LogP contribution in [0.15, 0.2) is 61.1 Å². The zero-order chi connectivity index (χ0) is 22.7. The van der Waals surface area contributed by atoms with Crippen LogP contribution in [0.1, 0.15) is 5.56 Å². The number of anilines is 3. The minimum absolute atomic E-state index is 0.225. The third-order valence-corrected chi connectivity index (χ3v) is 5.07. The number of ether oxygens (including phenoxy) is 1. The highest BCUT2D eigenvalue weighted by Crippen LogP contribution is 2.33. The van der Waals surface area contributed by atoms with Crippen molar-refractivity contribution in [1.82, 2.24) is 19.3 Å². The summed E-state index contributed by atoms with van der Waals surface area (Å²) < 4.78 is 7.48. The van der Waals surface area contributed by atoms with E-state index in [2.05, 4.69) is 15.6 Å². The lowest BCUT2D eigenvalue weighted by Gasteiger charge is -2.15. The standard InChI is InChI=1S/C24H26N6O2/c1-16-8-5-6-9-17(16)27-24-21-14-25-15-30(21)20-12-19(22(32-4)13-18(20)28-24)26-23(31)10-7-11-29(2)3/h5-10,12-15H,11H2,1-4H3,(H,26,31)(H,27,28)/b10-7+. The SMILES string of the molecule is COc1cc2nc(Nc3ccccc3C)c3cncn3c2cc1NC(=O)/C=C/CN(C)C. The molecule has 164 valence electrons. The van der Waals surface area contributed by atoms with Crippen LogP contribution in [0.25, 0.3) is 16.6 Å². The molecule has 0 radical (unpaired) electrons. The molecule has 2 N–H and O–H groups in total. The molecule has 2 aromatic heterocycles. The highest BCUT2D eigenvalue weighted by molar-refractivity contribution is 6.02. The molecule has 0 aliphatic carbocycles. The normalized spacial score (nSPS) is 11.5. The average molecular weight is 431 g/mol. The summed E-state index contributed by atoms with van der Waals surface area (Å²) in [5.41, 5.74) is 5.00. The Morgan fingerprint density at radius 2 is 2.00 bits per heavy atom. The largest absolute Gasteiger partial charge is 0.494 e. The van der Waals surface area contributed by atoms with Gasteiger partial charge in [0.2, 0.25) is 5.91 Å². The van der Waals surface area contributed by atoms with Crippen LogP contribution >= 0.6 is 0 Å². The molecule has 0 bridgehead atoms. The van der Waals surface area contributed by atoms with E-state index in [1.807, 2.05) is 72.8 Å². The number of methoxy groups -OCH3 is 1. The minimum Gasteiger partial charge on any atom is -0.494 e. The predicted octanol–water partition coefficient (Wildman–Crippen LogP) is 4.00. The van der Waals surface area contributed by atoms with Crippen molar-refractivity contribution in [3.63, 3.8) is 0 Å². The zero-order valence-electron chi connectivity index (χ0n) is 18.6. The monoisotopic (exact) mass is 430 g/mol. The molecule has 2 heterocycles. The number of benzene rings is 2. The number of para-hydroxylation sites is 1. The molecule has 2 aromatic carbocycles. The van der Waals surface area contributed by atoms with Crippen molar-refractivity contribution in [2.75, 3.05) is 38.4 Å². The minimum atomic E-state index is -0.225. The van der Waals surface area contributed by atoms with Gasteiger partial charge >= 0.3 is 0 Å². The summed E-state index contributed by atoms with van der Waals surface area (Å²) in [7, 11) is 5.46. The highest BCUT2D eigenvalue weighted by atomic mass is 16.5. The van der Waals surface area contributed by atoms with Gasteiger partial charge < -0.3 is 20.3 Å². The van der Waals surface area contributed by atoms with Gasteiger partial charge in [-0.25, -0.2) is 9.97 Å². The van der Waals surface area contributed by atoms with Gasteiger partial charge in [0.05, 0.1) is 36.4 Å². The summed E-state index contributed by atoms with van der Waals surface area (Å²) >= 11 is 0. The second-order valence-corrected chi connectivity index (χ2v) is 7.74. The number of aryl methyl sites for hydroxylation is 1. The second-order valence-electron chi connectivity index (χ2n) is 7.74. The van der Waals surface area contributed by atoms with Crippen LogP contribution in [0.3, 0.4) is 0 Å². The molecule has 0 aliphatic rings. The van der Waals surface area contributed by atoms with E-state index >= 15 is 0 Å². The molecule has 8 nitrogen and oxygen atoms in total. The van der Waals surface area contributed by atoms with Crippen molar-refractivity contribution in [3.8, 4) is 5.75 Å². The second kappa shape index (κ2) is 9.07. The fourth-order valence-corrected chi connectivity index (χ4v) is 3.42. The van der Waals surface area contributed by atoms with Crippen LogP contribution in [-0.4, -0.2) is 52.9 Å². The molecule has 8 heteroatoms. The number of nitrogens with zero attached hydrogens (tertiary/aromatic N) is 4. The topological polar surface area (TPSA) is 83.8 Å². The van der Waals surface area contributed by atoms with Crippen LogP contribution < -0.4 is 15.4 Å². The number of fused-ring (bicyclic) bond motifs is 3. The first-order valence-corrected chi connectivity index (χ1v) is 10.2. The van der Waals surface area contributed by atoms with Crippen LogP contribution in [-0.2, 0) is 4.79 Å². The van der Waals surface area contributed by atoms with Crippen molar-refractivity contribution in [2.45, 2.75) is 6.92 Å². The van der Waals surface area contributed by atoms with E-state index in [-0.39, 0.29) is 5.91 Å². The smallest absolute Gasteiger partial charge is 0.248 e. The van der Waals surface area contributed by atoms with E-state index in [0.29, 0.717) is 29.3 Å². The first-order valence-electron chi connectivity index (χ1n) is 10.2. The first-order chi connectivity index (χ1) is 15.5. The third-order valence-electron chi connectivity index (χ3n) is 5.07. The summed E-state index contributed by atoms with van der Waals surface area (Å²) in [4.78, 5) is 23.5. The molecule has 0 aliphatic heterocycles. The van der Waals surface area contributed by atoms with Gasteiger partial charge in [-0.3, -0.25) is 9.20 Å². The van der Waals surface area contributed by atoms with Gasteiger partial charge in [-0.05, 0) is 38.7 Å². The van der Waals surface area contributed by atoms with Gasteiger partial charge in [0.15, 0.2) is 5.82 Å². The Hall–Kier alpha value is -3.91. The molecule has 32 heavy (non-hydrogen) atoms. The summed E-state index contributed by atoms with van der Waals surface area (Å²) in [6.45, 7) is 2.72. The van der Waals surface area contributed by atoms with Crippen molar-refractivity contribution < 1.29 is 9.53 Å². The lowest BCUT2D eigenvalue weighted by Crippen LogP contribution is -2.13. The van der Waals surface area contributed by atoms with Gasteiger partial charge in [-0.15, -0.1) is 0 Å². The quantitative estimate of drug-likeness (QED) is 0.431. The number of imidazole rings is 1. The van der Waals surface area contributed by atoms with Gasteiger partial charge in [0.25, 0.3) is 0 Å². The summed E-state index contributed by atoms with van der Waals surface area (Å²) in [6.07, 6.45) is 6.82. The average Bonchev–Trinajstić information content (AvgIpc) is 3.25. The van der Waals surface area contributed by atoms with Gasteiger partial charge in [0, 0.05) is 24.4 Å². The Labute approximate surface area is 186 Å². The van der Waals surface area contributed by atoms with Crippen molar-refractivity contribution in [2.24, 2.45) is 0 Å². The number of carbonyl (C=O) groups excluding carboxylic acids is 1. The highest BCUT2D eigenvalue weighted by Gasteiger charge is 2.14. The number of carbonyl (C=O) groups is 1. The Balaban J connectivity index is 1.75. The summed E-state index contributed by atoms with van der Waals surface area (Å²) in [6, 6.07) is 11.7. The zero-order valence-corrected chi connectivity index (χ0v) is 18.6. The lowest BCUT2D eigenvalue weighted by atomic mass is 10.2. The van der Waals surface area contributed by atoms with Gasteiger partial charge in [0.1, 0.15) is 11.3 Å². The lowest BCUT2D eigenvalue weighted by molar-refractivity contribution is -0.111. The number of aromatic nitrogens is 3. The van der Waals surface area contributed by atoms with E-state index in [1.54, 1.807) is 19.6 Å². The number of rotatable bonds is 7. The Kier molecular flexibility index (Phi) is 6.04. The molecule has 0 spiro atoms. The van der Waals surface area contributed by atoms with Crippen LogP contribution in [0, 0.1) is 6.92 Å². The maximum atomic E-state index is 12.4. The van der Waals surface area contributed by atoms with Crippen LogP contribution in [0.4, 0.5) is 17.2 Å². The molecule has 0 atom stereocenters. The molecule has 4 rings (SSSR count). The van der Waals surface area contributed by atoms with Crippen molar-refractivity contribution in [1.29, 1.82) is 0 Å².